The van der Waals surface area contributed by atoms with Crippen LogP contribution in [0.1, 0.15) is 0 Å². The van der Waals surface area contributed by atoms with E-state index < -0.39 is 0 Å². The standard InChI is InChI=1S/C2H2N3OS/c6-7-5-2-1-3-4-5/h1-2H/q+1. The summed E-state index contributed by atoms with van der Waals surface area (Å²) in [4.78, 5) is 0. The summed E-state index contributed by atoms with van der Waals surface area (Å²) in [5, 5.41) is 6.74. The Morgan fingerprint density at radius 3 is 2.86 bits per heavy atom. The molecule has 0 bridgehead atoms. The van der Waals surface area contributed by atoms with Crippen LogP contribution in [0.4, 0.5) is 0 Å². The fourth-order valence-corrected chi connectivity index (χ4v) is 0.413. The highest BCUT2D eigenvalue weighted by Crippen LogP contribution is 1.90. The van der Waals surface area contributed by atoms with Crippen molar-refractivity contribution in [1.29, 1.82) is 0 Å². The summed E-state index contributed by atoms with van der Waals surface area (Å²) >= 11 is 0.269. The molecule has 0 unspecified atom stereocenters. The minimum atomic E-state index is 0.269. The van der Waals surface area contributed by atoms with Crippen LogP contribution in [-0.4, -0.2) is 8.26 Å². The molecule has 0 aromatic carbocycles. The SMILES string of the molecule is O=S=[N+]1C=CN=N1. The molecular formula is C2H2N3OS+. The first kappa shape index (κ1) is 4.32. The van der Waals surface area contributed by atoms with Crippen LogP contribution in [-0.2, 0) is 11.5 Å². The van der Waals surface area contributed by atoms with Crippen LogP contribution in [0.2, 0.25) is 0 Å². The molecule has 0 aromatic heterocycles. The molecule has 1 rings (SSSR count). The first-order valence-corrected chi connectivity index (χ1v) is 2.30. The Bertz CT molecular complexity index is 163. The molecule has 0 spiro atoms. The van der Waals surface area contributed by atoms with Crippen molar-refractivity contribution in [3.05, 3.63) is 12.4 Å². The molecule has 7 heavy (non-hydrogen) atoms. The van der Waals surface area contributed by atoms with E-state index in [9.17, 15) is 4.21 Å². The molecule has 4 nitrogen and oxygen atoms in total. The molecule has 0 radical (unpaired) electrons. The van der Waals surface area contributed by atoms with E-state index in [0.29, 0.717) is 0 Å². The summed E-state index contributed by atoms with van der Waals surface area (Å²) in [5.74, 6) is 0. The summed E-state index contributed by atoms with van der Waals surface area (Å²) in [6, 6.07) is 0. The highest BCUT2D eigenvalue weighted by atomic mass is 32.1. The van der Waals surface area contributed by atoms with Gasteiger partial charge in [0, 0.05) is 0 Å². The van der Waals surface area contributed by atoms with E-state index in [4.69, 9.17) is 0 Å². The zero-order valence-electron chi connectivity index (χ0n) is 3.31. The molecule has 1 aliphatic heterocycles. The second-order valence-electron chi connectivity index (χ2n) is 0.880. The summed E-state index contributed by atoms with van der Waals surface area (Å²) < 4.78 is 10.9. The quantitative estimate of drug-likeness (QED) is 0.418. The molecule has 0 atom stereocenters. The Labute approximate surface area is 43.4 Å². The second kappa shape index (κ2) is 1.74. The normalized spacial score (nSPS) is 15.7. The van der Waals surface area contributed by atoms with Crippen molar-refractivity contribution in [3.63, 3.8) is 0 Å². The van der Waals surface area contributed by atoms with Gasteiger partial charge in [0.2, 0.25) is 6.20 Å². The van der Waals surface area contributed by atoms with Crippen molar-refractivity contribution in [2.24, 2.45) is 10.3 Å². The molecule has 0 fully saturated rings. The maximum absolute atomic E-state index is 9.77. The van der Waals surface area contributed by atoms with Gasteiger partial charge in [-0.25, -0.2) is 0 Å². The Balaban J connectivity index is 3.00. The Morgan fingerprint density at radius 1 is 1.71 bits per heavy atom. The monoisotopic (exact) mass is 116 g/mol. The lowest BCUT2D eigenvalue weighted by Gasteiger charge is -1.59. The van der Waals surface area contributed by atoms with Crippen LogP contribution < -0.4 is 0 Å². The van der Waals surface area contributed by atoms with E-state index in [0.717, 1.165) is 4.05 Å². The third-order valence-corrected chi connectivity index (χ3v) is 0.824. The third kappa shape index (κ3) is 0.774. The van der Waals surface area contributed by atoms with Gasteiger partial charge in [0.05, 0.1) is 5.11 Å². The Kier molecular flexibility index (Phi) is 1.08. The molecule has 0 saturated carbocycles. The van der Waals surface area contributed by atoms with Crippen LogP contribution in [0, 0.1) is 0 Å². The Hall–Kier alpha value is -0.840. The second-order valence-corrected chi connectivity index (χ2v) is 1.40. The number of rotatable bonds is 0. The van der Waals surface area contributed by atoms with Gasteiger partial charge in [0.1, 0.15) is 0 Å². The van der Waals surface area contributed by atoms with E-state index in [1.807, 2.05) is 0 Å². The molecule has 36 valence electrons. The first-order valence-electron chi connectivity index (χ1n) is 1.60. The van der Waals surface area contributed by atoms with Gasteiger partial charge in [-0.2, -0.15) is 4.21 Å². The van der Waals surface area contributed by atoms with E-state index in [2.05, 4.69) is 10.3 Å². The van der Waals surface area contributed by atoms with E-state index in [1.165, 1.54) is 12.4 Å². The molecule has 0 amide bonds. The minimum Gasteiger partial charge on any atom is -0.165 e. The van der Waals surface area contributed by atoms with E-state index in [1.54, 1.807) is 0 Å². The van der Waals surface area contributed by atoms with Crippen molar-refractivity contribution in [3.8, 4) is 0 Å². The summed E-state index contributed by atoms with van der Waals surface area (Å²) in [6.45, 7) is 0. The van der Waals surface area contributed by atoms with Crippen molar-refractivity contribution >= 4 is 11.5 Å². The highest BCUT2D eigenvalue weighted by molar-refractivity contribution is 7.51. The van der Waals surface area contributed by atoms with E-state index >= 15 is 0 Å². The van der Waals surface area contributed by atoms with Gasteiger partial charge in [0.15, 0.2) is 11.4 Å². The summed E-state index contributed by atoms with van der Waals surface area (Å²) in [7, 11) is 0. The fourth-order valence-electron chi connectivity index (χ4n) is 0.237. The smallest absolute Gasteiger partial charge is 0.165 e. The summed E-state index contributed by atoms with van der Waals surface area (Å²) in [5.41, 5.74) is 0. The van der Waals surface area contributed by atoms with Crippen LogP contribution in [0.15, 0.2) is 22.7 Å². The molecule has 5 heteroatoms. The van der Waals surface area contributed by atoms with E-state index in [-0.39, 0.29) is 11.5 Å². The number of nitrogens with zero attached hydrogens (tertiary/aromatic N) is 3. The molecule has 0 N–H and O–H groups in total. The van der Waals surface area contributed by atoms with Crippen molar-refractivity contribution in [1.82, 2.24) is 0 Å². The maximum Gasteiger partial charge on any atom is 0.314 e. The number of hydrogen-bond acceptors (Lipinski definition) is 2. The molecule has 0 saturated heterocycles. The molecule has 0 aliphatic carbocycles. The minimum absolute atomic E-state index is 0.269. The number of hydrogen-bond donors (Lipinski definition) is 0. The van der Waals surface area contributed by atoms with Crippen LogP contribution >= 0.6 is 0 Å². The van der Waals surface area contributed by atoms with Gasteiger partial charge in [-0.15, -0.1) is 0 Å². The highest BCUT2D eigenvalue weighted by Gasteiger charge is 1.99. The fraction of sp³-hybridized carbons (Fsp3) is 0. The maximum atomic E-state index is 9.77. The van der Waals surface area contributed by atoms with Crippen molar-refractivity contribution in [2.45, 2.75) is 0 Å². The average molecular weight is 116 g/mol. The van der Waals surface area contributed by atoms with Gasteiger partial charge in [-0.1, -0.05) is 0 Å². The average Bonchev–Trinajstić information content (AvgIpc) is 2.14. The zero-order chi connectivity index (χ0) is 5.11. The Morgan fingerprint density at radius 2 is 2.57 bits per heavy atom. The largest absolute Gasteiger partial charge is 0.314 e. The third-order valence-electron chi connectivity index (χ3n) is 0.477. The van der Waals surface area contributed by atoms with Crippen LogP contribution in [0.5, 0.6) is 0 Å². The lowest BCUT2D eigenvalue weighted by molar-refractivity contribution is -0.434. The molecular weight excluding hydrogens is 114 g/mol. The topological polar surface area (TPSA) is 44.8 Å². The van der Waals surface area contributed by atoms with Gasteiger partial charge in [-0.05, 0) is 4.05 Å². The molecule has 1 heterocycles. The lowest BCUT2D eigenvalue weighted by atomic mass is 11.0. The van der Waals surface area contributed by atoms with Crippen LogP contribution in [0.3, 0.4) is 0 Å². The van der Waals surface area contributed by atoms with Gasteiger partial charge < -0.3 is 0 Å². The van der Waals surface area contributed by atoms with Crippen molar-refractivity contribution in [2.75, 3.05) is 0 Å². The molecule has 0 aromatic rings. The zero-order valence-corrected chi connectivity index (χ0v) is 4.13. The van der Waals surface area contributed by atoms with Gasteiger partial charge in [0.25, 0.3) is 0 Å². The predicted octanol–water partition coefficient (Wildman–Crippen LogP) is 0.248. The lowest BCUT2D eigenvalue weighted by Crippen LogP contribution is -1.80. The van der Waals surface area contributed by atoms with Gasteiger partial charge >= 0.3 is 11.5 Å². The first-order chi connectivity index (χ1) is 3.43. The molecule has 1 aliphatic rings. The van der Waals surface area contributed by atoms with Crippen LogP contribution in [0.25, 0.3) is 0 Å². The predicted molar refractivity (Wildman–Crippen MR) is 22.4 cm³/mol. The summed E-state index contributed by atoms with van der Waals surface area (Å²) in [6.07, 6.45) is 2.93. The van der Waals surface area contributed by atoms with Gasteiger partial charge in [-0.3, -0.25) is 0 Å². The van der Waals surface area contributed by atoms with Crippen molar-refractivity contribution < 1.29 is 8.26 Å².